The molecule has 0 aromatic rings. The Hall–Kier alpha value is -0.160. The number of fused-ring (bicyclic) bond motifs is 1. The van der Waals surface area contributed by atoms with Gasteiger partial charge < -0.3 is 14.6 Å². The van der Waals surface area contributed by atoms with Crippen molar-refractivity contribution in [1.82, 2.24) is 4.90 Å². The highest BCUT2D eigenvalue weighted by atomic mass is 16.5. The lowest BCUT2D eigenvalue weighted by molar-refractivity contribution is -0.114. The molecule has 0 aromatic heterocycles. The Balaban J connectivity index is 1.92. The van der Waals surface area contributed by atoms with Crippen LogP contribution >= 0.6 is 0 Å². The average Bonchev–Trinajstić information content (AvgIpc) is 2.35. The molecule has 16 heavy (non-hydrogen) atoms. The van der Waals surface area contributed by atoms with Gasteiger partial charge in [0, 0.05) is 32.8 Å². The minimum Gasteiger partial charge on any atom is -0.396 e. The third-order valence-electron chi connectivity index (χ3n) is 3.82. The van der Waals surface area contributed by atoms with Gasteiger partial charge in [0.2, 0.25) is 0 Å². The first-order valence-electron chi connectivity index (χ1n) is 6.34. The monoisotopic (exact) mass is 229 g/mol. The number of morpholine rings is 1. The number of hydrogen-bond donors (Lipinski definition) is 1. The van der Waals surface area contributed by atoms with Gasteiger partial charge in [-0.2, -0.15) is 0 Å². The molecule has 1 heterocycles. The van der Waals surface area contributed by atoms with Crippen LogP contribution in [0.3, 0.4) is 0 Å². The molecular formula is C12H23NO3. The van der Waals surface area contributed by atoms with E-state index in [1.54, 1.807) is 7.11 Å². The molecule has 94 valence electrons. The van der Waals surface area contributed by atoms with E-state index in [1.165, 1.54) is 0 Å². The zero-order valence-corrected chi connectivity index (χ0v) is 10.1. The van der Waals surface area contributed by atoms with Gasteiger partial charge in [-0.25, -0.2) is 0 Å². The minimum absolute atomic E-state index is 0.280. The minimum atomic E-state index is 0.280. The lowest BCUT2D eigenvalue weighted by Crippen LogP contribution is -2.55. The average molecular weight is 229 g/mol. The van der Waals surface area contributed by atoms with Gasteiger partial charge in [-0.1, -0.05) is 0 Å². The van der Waals surface area contributed by atoms with Gasteiger partial charge in [0.25, 0.3) is 0 Å². The summed E-state index contributed by atoms with van der Waals surface area (Å²) in [4.78, 5) is 2.47. The van der Waals surface area contributed by atoms with Crippen molar-refractivity contribution in [2.45, 2.75) is 43.9 Å². The van der Waals surface area contributed by atoms with E-state index in [0.717, 1.165) is 45.4 Å². The Morgan fingerprint density at radius 2 is 2.31 bits per heavy atom. The molecule has 2 rings (SSSR count). The van der Waals surface area contributed by atoms with E-state index in [9.17, 15) is 0 Å². The molecule has 3 atom stereocenters. The summed E-state index contributed by atoms with van der Waals surface area (Å²) < 4.78 is 11.3. The van der Waals surface area contributed by atoms with Crippen molar-refractivity contribution in [3.8, 4) is 0 Å². The maximum atomic E-state index is 8.91. The van der Waals surface area contributed by atoms with Crippen molar-refractivity contribution in [3.05, 3.63) is 0 Å². The maximum absolute atomic E-state index is 8.91. The summed E-state index contributed by atoms with van der Waals surface area (Å²) in [6.45, 7) is 3.10. The topological polar surface area (TPSA) is 41.9 Å². The predicted molar refractivity (Wildman–Crippen MR) is 61.5 cm³/mol. The van der Waals surface area contributed by atoms with Gasteiger partial charge in [0.15, 0.2) is 0 Å². The molecule has 1 saturated carbocycles. The molecule has 1 N–H and O–H groups in total. The number of nitrogens with zero attached hydrogens (tertiary/aromatic N) is 1. The molecule has 3 unspecified atom stereocenters. The Morgan fingerprint density at radius 1 is 1.44 bits per heavy atom. The van der Waals surface area contributed by atoms with Crippen LogP contribution in [-0.4, -0.2) is 61.7 Å². The van der Waals surface area contributed by atoms with Crippen LogP contribution in [0.1, 0.15) is 25.7 Å². The van der Waals surface area contributed by atoms with Crippen molar-refractivity contribution >= 4 is 0 Å². The first kappa shape index (κ1) is 12.3. The predicted octanol–water partition coefficient (Wildman–Crippen LogP) is 0.637. The van der Waals surface area contributed by atoms with Gasteiger partial charge in [-0.15, -0.1) is 0 Å². The molecule has 1 saturated heterocycles. The second-order valence-electron chi connectivity index (χ2n) is 4.76. The van der Waals surface area contributed by atoms with Gasteiger partial charge in [-0.3, -0.25) is 4.90 Å². The number of methoxy groups -OCH3 is 1. The molecule has 0 spiro atoms. The third-order valence-corrected chi connectivity index (χ3v) is 3.82. The van der Waals surface area contributed by atoms with Crippen molar-refractivity contribution < 1.29 is 14.6 Å². The summed E-state index contributed by atoms with van der Waals surface area (Å²) in [5, 5.41) is 8.91. The van der Waals surface area contributed by atoms with Gasteiger partial charge in [-0.05, 0) is 25.7 Å². The molecule has 0 aromatic carbocycles. The smallest absolute Gasteiger partial charge is 0.0732 e. The largest absolute Gasteiger partial charge is 0.396 e. The quantitative estimate of drug-likeness (QED) is 0.768. The van der Waals surface area contributed by atoms with Crippen LogP contribution in [0.15, 0.2) is 0 Å². The third kappa shape index (κ3) is 2.74. The van der Waals surface area contributed by atoms with Crippen LogP contribution in [0.2, 0.25) is 0 Å². The number of aliphatic hydroxyl groups is 1. The summed E-state index contributed by atoms with van der Waals surface area (Å²) in [6, 6.07) is 0.499. The molecule has 0 bridgehead atoms. The molecule has 1 aliphatic carbocycles. The summed E-state index contributed by atoms with van der Waals surface area (Å²) >= 11 is 0. The zero-order chi connectivity index (χ0) is 11.4. The number of ether oxygens (including phenoxy) is 2. The summed E-state index contributed by atoms with van der Waals surface area (Å²) in [7, 11) is 1.80. The molecule has 4 nitrogen and oxygen atoms in total. The van der Waals surface area contributed by atoms with Crippen LogP contribution in [0.25, 0.3) is 0 Å². The second-order valence-corrected chi connectivity index (χ2v) is 4.76. The van der Waals surface area contributed by atoms with E-state index in [0.29, 0.717) is 18.2 Å². The molecule has 4 heteroatoms. The standard InChI is InChI=1S/C12H23NO3/c1-15-10-3-4-12-11(9-10)13(5-2-7-14)6-8-16-12/h10-12,14H,2-9H2,1H3. The van der Waals surface area contributed by atoms with E-state index >= 15 is 0 Å². The normalized spacial score (nSPS) is 36.0. The van der Waals surface area contributed by atoms with E-state index < -0.39 is 0 Å². The fourth-order valence-corrected chi connectivity index (χ4v) is 2.91. The van der Waals surface area contributed by atoms with Crippen molar-refractivity contribution in [2.24, 2.45) is 0 Å². The van der Waals surface area contributed by atoms with Crippen LogP contribution in [0.5, 0.6) is 0 Å². The fraction of sp³-hybridized carbons (Fsp3) is 1.00. The van der Waals surface area contributed by atoms with Crippen LogP contribution < -0.4 is 0 Å². The number of rotatable bonds is 4. The van der Waals surface area contributed by atoms with Crippen LogP contribution in [-0.2, 0) is 9.47 Å². The van der Waals surface area contributed by atoms with E-state index in [1.807, 2.05) is 0 Å². The first-order chi connectivity index (χ1) is 7.85. The highest BCUT2D eigenvalue weighted by Crippen LogP contribution is 2.29. The number of aliphatic hydroxyl groups excluding tert-OH is 1. The highest BCUT2D eigenvalue weighted by Gasteiger charge is 2.37. The van der Waals surface area contributed by atoms with E-state index in [4.69, 9.17) is 14.6 Å². The van der Waals surface area contributed by atoms with E-state index in [2.05, 4.69) is 4.90 Å². The molecule has 1 aliphatic heterocycles. The Morgan fingerprint density at radius 3 is 3.06 bits per heavy atom. The van der Waals surface area contributed by atoms with Gasteiger partial charge in [0.1, 0.15) is 0 Å². The van der Waals surface area contributed by atoms with E-state index in [-0.39, 0.29) is 6.61 Å². The zero-order valence-electron chi connectivity index (χ0n) is 10.1. The number of hydrogen-bond acceptors (Lipinski definition) is 4. The van der Waals surface area contributed by atoms with Gasteiger partial charge >= 0.3 is 0 Å². The summed E-state index contributed by atoms with van der Waals surface area (Å²) in [5.74, 6) is 0. The van der Waals surface area contributed by atoms with Gasteiger partial charge in [0.05, 0.1) is 18.8 Å². The Labute approximate surface area is 97.5 Å². The fourth-order valence-electron chi connectivity index (χ4n) is 2.91. The lowest BCUT2D eigenvalue weighted by atomic mass is 9.88. The first-order valence-corrected chi connectivity index (χ1v) is 6.34. The van der Waals surface area contributed by atoms with Crippen molar-refractivity contribution in [2.75, 3.05) is 33.4 Å². The van der Waals surface area contributed by atoms with Crippen LogP contribution in [0, 0.1) is 0 Å². The second kappa shape index (κ2) is 5.96. The molecular weight excluding hydrogens is 206 g/mol. The molecule has 2 aliphatic rings. The Kier molecular flexibility index (Phi) is 4.58. The summed E-state index contributed by atoms with van der Waals surface area (Å²) in [6.07, 6.45) is 4.94. The maximum Gasteiger partial charge on any atom is 0.0732 e. The molecule has 2 fully saturated rings. The van der Waals surface area contributed by atoms with Crippen LogP contribution in [0.4, 0.5) is 0 Å². The lowest BCUT2D eigenvalue weighted by Gasteiger charge is -2.45. The van der Waals surface area contributed by atoms with Crippen molar-refractivity contribution in [3.63, 3.8) is 0 Å². The summed E-state index contributed by atoms with van der Waals surface area (Å²) in [5.41, 5.74) is 0. The SMILES string of the molecule is COC1CCC2OCCN(CCCO)C2C1. The molecule has 0 amide bonds. The van der Waals surface area contributed by atoms with Crippen molar-refractivity contribution in [1.29, 1.82) is 0 Å². The molecule has 0 radical (unpaired) electrons. The highest BCUT2D eigenvalue weighted by molar-refractivity contribution is 4.90. The Bertz CT molecular complexity index is 212.